The second-order valence-electron chi connectivity index (χ2n) is 5.51. The molecular weight excluding hydrogens is 236 g/mol. The van der Waals surface area contributed by atoms with Crippen molar-refractivity contribution in [2.75, 3.05) is 6.54 Å². The highest BCUT2D eigenvalue weighted by Gasteiger charge is 2.26. The van der Waals surface area contributed by atoms with Gasteiger partial charge in [-0.2, -0.15) is 0 Å². The number of fused-ring (bicyclic) bond motifs is 1. The largest absolute Gasteiger partial charge is 0.350 e. The Balaban J connectivity index is 2.02. The van der Waals surface area contributed by atoms with Crippen molar-refractivity contribution in [2.45, 2.75) is 32.2 Å². The van der Waals surface area contributed by atoms with Gasteiger partial charge in [-0.3, -0.25) is 4.79 Å². The molecule has 1 unspecified atom stereocenters. The molecule has 2 heterocycles. The van der Waals surface area contributed by atoms with E-state index in [4.69, 9.17) is 0 Å². The van der Waals surface area contributed by atoms with Crippen LogP contribution >= 0.6 is 0 Å². The fourth-order valence-electron chi connectivity index (χ4n) is 3.07. The highest BCUT2D eigenvalue weighted by atomic mass is 16.2. The van der Waals surface area contributed by atoms with Crippen molar-refractivity contribution in [2.24, 2.45) is 7.05 Å². The van der Waals surface area contributed by atoms with E-state index in [-0.39, 0.29) is 5.91 Å². The van der Waals surface area contributed by atoms with Crippen molar-refractivity contribution in [3.05, 3.63) is 36.0 Å². The second-order valence-corrected chi connectivity index (χ2v) is 5.51. The first kappa shape index (κ1) is 12.3. The SMILES string of the molecule is CC1CCCCN1C(=O)c1cn(C)c2ccccc12. The molecule has 0 N–H and O–H groups in total. The molecule has 0 radical (unpaired) electrons. The van der Waals surface area contributed by atoms with Gasteiger partial charge in [0, 0.05) is 36.7 Å². The Morgan fingerprint density at radius 1 is 1.26 bits per heavy atom. The molecule has 0 aliphatic carbocycles. The number of carbonyl (C=O) groups excluding carboxylic acids is 1. The van der Waals surface area contributed by atoms with Crippen LogP contribution in [0.15, 0.2) is 30.5 Å². The van der Waals surface area contributed by atoms with E-state index >= 15 is 0 Å². The summed E-state index contributed by atoms with van der Waals surface area (Å²) in [5.41, 5.74) is 1.96. The third-order valence-electron chi connectivity index (χ3n) is 4.19. The highest BCUT2D eigenvalue weighted by molar-refractivity contribution is 6.07. The smallest absolute Gasteiger partial charge is 0.256 e. The number of para-hydroxylation sites is 1. The quantitative estimate of drug-likeness (QED) is 0.769. The van der Waals surface area contributed by atoms with E-state index < -0.39 is 0 Å². The van der Waals surface area contributed by atoms with Crippen molar-refractivity contribution < 1.29 is 4.79 Å². The third-order valence-corrected chi connectivity index (χ3v) is 4.19. The van der Waals surface area contributed by atoms with Crippen molar-refractivity contribution >= 4 is 16.8 Å². The van der Waals surface area contributed by atoms with Gasteiger partial charge >= 0.3 is 0 Å². The topological polar surface area (TPSA) is 25.2 Å². The van der Waals surface area contributed by atoms with Crippen LogP contribution in [0.25, 0.3) is 10.9 Å². The van der Waals surface area contributed by atoms with Crippen molar-refractivity contribution in [3.8, 4) is 0 Å². The minimum Gasteiger partial charge on any atom is -0.350 e. The van der Waals surface area contributed by atoms with Gasteiger partial charge in [0.25, 0.3) is 5.91 Å². The molecule has 0 spiro atoms. The number of nitrogens with zero attached hydrogens (tertiary/aromatic N) is 2. The molecule has 0 bridgehead atoms. The lowest BCUT2D eigenvalue weighted by atomic mass is 10.0. The van der Waals surface area contributed by atoms with Gasteiger partial charge in [0.1, 0.15) is 0 Å². The molecule has 3 rings (SSSR count). The van der Waals surface area contributed by atoms with Crippen LogP contribution < -0.4 is 0 Å². The van der Waals surface area contributed by atoms with E-state index in [9.17, 15) is 4.79 Å². The van der Waals surface area contributed by atoms with Crippen LogP contribution in [0.4, 0.5) is 0 Å². The zero-order valence-electron chi connectivity index (χ0n) is 11.6. The Morgan fingerprint density at radius 2 is 2.05 bits per heavy atom. The maximum absolute atomic E-state index is 12.8. The summed E-state index contributed by atoms with van der Waals surface area (Å²) in [6, 6.07) is 8.47. The zero-order valence-corrected chi connectivity index (χ0v) is 11.6. The Morgan fingerprint density at radius 3 is 2.84 bits per heavy atom. The first-order valence-electron chi connectivity index (χ1n) is 7.03. The summed E-state index contributed by atoms with van der Waals surface area (Å²) < 4.78 is 2.04. The van der Waals surface area contributed by atoms with Gasteiger partial charge < -0.3 is 9.47 Å². The molecule has 2 aromatic rings. The number of aryl methyl sites for hydroxylation is 1. The van der Waals surface area contributed by atoms with E-state index in [1.54, 1.807) is 0 Å². The number of carbonyl (C=O) groups is 1. The molecule has 1 aromatic carbocycles. The van der Waals surface area contributed by atoms with Crippen molar-refractivity contribution in [3.63, 3.8) is 0 Å². The lowest BCUT2D eigenvalue weighted by Gasteiger charge is -2.33. The number of aromatic nitrogens is 1. The number of amides is 1. The second kappa shape index (κ2) is 4.72. The molecule has 3 nitrogen and oxygen atoms in total. The van der Waals surface area contributed by atoms with Gasteiger partial charge in [-0.05, 0) is 32.3 Å². The fraction of sp³-hybridized carbons (Fsp3) is 0.438. The minimum absolute atomic E-state index is 0.184. The van der Waals surface area contributed by atoms with E-state index in [2.05, 4.69) is 13.0 Å². The summed E-state index contributed by atoms with van der Waals surface area (Å²) in [5.74, 6) is 0.184. The van der Waals surface area contributed by atoms with Gasteiger partial charge in [0.05, 0.1) is 5.56 Å². The summed E-state index contributed by atoms with van der Waals surface area (Å²) >= 11 is 0. The average molecular weight is 256 g/mol. The number of hydrogen-bond donors (Lipinski definition) is 0. The van der Waals surface area contributed by atoms with Gasteiger partial charge in [0.15, 0.2) is 0 Å². The van der Waals surface area contributed by atoms with Crippen LogP contribution in [0.1, 0.15) is 36.5 Å². The summed E-state index contributed by atoms with van der Waals surface area (Å²) in [4.78, 5) is 14.8. The van der Waals surface area contributed by atoms with Gasteiger partial charge in [-0.15, -0.1) is 0 Å². The molecule has 3 heteroatoms. The van der Waals surface area contributed by atoms with Crippen LogP contribution in [0.3, 0.4) is 0 Å². The van der Waals surface area contributed by atoms with Crippen LogP contribution in [-0.2, 0) is 7.05 Å². The monoisotopic (exact) mass is 256 g/mol. The summed E-state index contributed by atoms with van der Waals surface area (Å²) in [6.07, 6.45) is 5.45. The van der Waals surface area contributed by atoms with Gasteiger partial charge in [-0.25, -0.2) is 0 Å². The number of rotatable bonds is 1. The van der Waals surface area contributed by atoms with Crippen molar-refractivity contribution in [1.82, 2.24) is 9.47 Å². The molecular formula is C16H20N2O. The molecule has 1 aliphatic rings. The first-order chi connectivity index (χ1) is 9.18. The third kappa shape index (κ3) is 2.03. The maximum Gasteiger partial charge on any atom is 0.256 e. The van der Waals surface area contributed by atoms with E-state index in [1.807, 2.05) is 40.9 Å². The number of likely N-dealkylation sites (tertiary alicyclic amines) is 1. The molecule has 1 saturated heterocycles. The van der Waals surface area contributed by atoms with Crippen LogP contribution in [0.2, 0.25) is 0 Å². The maximum atomic E-state index is 12.8. The predicted octanol–water partition coefficient (Wildman–Crippen LogP) is 3.19. The Kier molecular flexibility index (Phi) is 3.05. The van der Waals surface area contributed by atoms with Crippen LogP contribution in [0, 0.1) is 0 Å². The molecule has 1 atom stereocenters. The van der Waals surface area contributed by atoms with E-state index in [1.165, 1.54) is 6.42 Å². The molecule has 1 aromatic heterocycles. The lowest BCUT2D eigenvalue weighted by Crippen LogP contribution is -2.41. The standard InChI is InChI=1S/C16H20N2O/c1-12-7-5-6-10-18(12)16(19)14-11-17(2)15-9-4-3-8-13(14)15/h3-4,8-9,11-12H,5-7,10H2,1-2H3. The summed E-state index contributed by atoms with van der Waals surface area (Å²) in [6.45, 7) is 3.05. The predicted molar refractivity (Wildman–Crippen MR) is 77.3 cm³/mol. The summed E-state index contributed by atoms with van der Waals surface area (Å²) in [7, 11) is 2.00. The normalized spacial score (nSPS) is 19.9. The number of piperidine rings is 1. The highest BCUT2D eigenvalue weighted by Crippen LogP contribution is 2.25. The first-order valence-corrected chi connectivity index (χ1v) is 7.03. The van der Waals surface area contributed by atoms with Crippen LogP contribution in [0.5, 0.6) is 0 Å². The van der Waals surface area contributed by atoms with E-state index in [0.717, 1.165) is 35.9 Å². The van der Waals surface area contributed by atoms with Gasteiger partial charge in [-0.1, -0.05) is 18.2 Å². The van der Waals surface area contributed by atoms with E-state index in [0.29, 0.717) is 6.04 Å². The molecule has 1 amide bonds. The number of benzene rings is 1. The molecule has 0 saturated carbocycles. The molecule has 1 aliphatic heterocycles. The van der Waals surface area contributed by atoms with Crippen LogP contribution in [-0.4, -0.2) is 28.0 Å². The van der Waals surface area contributed by atoms with Gasteiger partial charge in [0.2, 0.25) is 0 Å². The minimum atomic E-state index is 0.184. The molecule has 19 heavy (non-hydrogen) atoms. The van der Waals surface area contributed by atoms with Crippen molar-refractivity contribution in [1.29, 1.82) is 0 Å². The Hall–Kier alpha value is -1.77. The summed E-state index contributed by atoms with van der Waals surface area (Å²) in [5, 5.41) is 1.06. The Bertz CT molecular complexity index is 614. The molecule has 1 fully saturated rings. The lowest BCUT2D eigenvalue weighted by molar-refractivity contribution is 0.0637. The average Bonchev–Trinajstić information content (AvgIpc) is 2.77. The molecule has 100 valence electrons. The zero-order chi connectivity index (χ0) is 13.4. The fourth-order valence-corrected chi connectivity index (χ4v) is 3.07. The number of hydrogen-bond acceptors (Lipinski definition) is 1. The Labute approximate surface area is 113 Å².